The Kier molecular flexibility index (Phi) is 4.72. The minimum atomic E-state index is -1.49. The number of rotatable bonds is 4. The van der Waals surface area contributed by atoms with Crippen molar-refractivity contribution >= 4 is 40.5 Å². The number of nitrogens with zero attached hydrogens (tertiary/aromatic N) is 4. The minimum Gasteiger partial charge on any atom is -0.369 e. The standard InChI is InChI=1S/C16H15Cl2FN6O/c1-16(24-14-11(17)6-21-15(18)23-14)10(13(20)26)3-8(4-12(16)19)9-5-22-25(2)7-9/h3-7,10H,1-2H3,(H2,20,26)(H,21,23,24). The molecule has 1 amide bonds. The predicted octanol–water partition coefficient (Wildman–Crippen LogP) is 2.74. The predicted molar refractivity (Wildman–Crippen MR) is 97.1 cm³/mol. The molecular weight excluding hydrogens is 382 g/mol. The lowest BCUT2D eigenvalue weighted by Gasteiger charge is -2.37. The lowest BCUT2D eigenvalue weighted by molar-refractivity contribution is -0.121. The van der Waals surface area contributed by atoms with E-state index >= 15 is 4.39 Å². The molecule has 2 unspecified atom stereocenters. The molecule has 26 heavy (non-hydrogen) atoms. The van der Waals surface area contributed by atoms with Gasteiger partial charge >= 0.3 is 0 Å². The van der Waals surface area contributed by atoms with Crippen molar-refractivity contribution in [3.8, 4) is 0 Å². The van der Waals surface area contributed by atoms with E-state index in [9.17, 15) is 4.79 Å². The van der Waals surface area contributed by atoms with E-state index in [2.05, 4.69) is 20.4 Å². The fourth-order valence-electron chi connectivity index (χ4n) is 2.76. The van der Waals surface area contributed by atoms with Crippen LogP contribution in [0.15, 0.2) is 36.6 Å². The molecule has 0 saturated carbocycles. The number of allylic oxidation sites excluding steroid dienone is 2. The maximum Gasteiger partial charge on any atom is 0.227 e. The van der Waals surface area contributed by atoms with Crippen LogP contribution >= 0.6 is 23.2 Å². The molecule has 0 fully saturated rings. The van der Waals surface area contributed by atoms with Gasteiger partial charge in [0.1, 0.15) is 16.4 Å². The van der Waals surface area contributed by atoms with E-state index in [0.717, 1.165) is 0 Å². The third kappa shape index (κ3) is 3.30. The summed E-state index contributed by atoms with van der Waals surface area (Å²) >= 11 is 11.8. The number of aryl methyl sites for hydroxylation is 1. The van der Waals surface area contributed by atoms with Crippen molar-refractivity contribution < 1.29 is 9.18 Å². The second kappa shape index (κ2) is 6.69. The van der Waals surface area contributed by atoms with Gasteiger partial charge in [-0.05, 0) is 30.2 Å². The Morgan fingerprint density at radius 2 is 2.15 bits per heavy atom. The van der Waals surface area contributed by atoms with Crippen molar-refractivity contribution in [3.63, 3.8) is 0 Å². The van der Waals surface area contributed by atoms with Gasteiger partial charge in [-0.15, -0.1) is 0 Å². The molecule has 0 saturated heterocycles. The van der Waals surface area contributed by atoms with Crippen molar-refractivity contribution in [1.29, 1.82) is 0 Å². The van der Waals surface area contributed by atoms with Crippen LogP contribution in [0.1, 0.15) is 12.5 Å². The van der Waals surface area contributed by atoms with Gasteiger partial charge in [-0.1, -0.05) is 17.7 Å². The van der Waals surface area contributed by atoms with Crippen molar-refractivity contribution in [2.45, 2.75) is 12.5 Å². The number of primary amides is 1. The first-order valence-corrected chi connectivity index (χ1v) is 8.30. The lowest BCUT2D eigenvalue weighted by atomic mass is 9.77. The molecule has 3 N–H and O–H groups in total. The van der Waals surface area contributed by atoms with Crippen molar-refractivity contribution in [2.24, 2.45) is 18.7 Å². The highest BCUT2D eigenvalue weighted by Crippen LogP contribution is 2.40. The summed E-state index contributed by atoms with van der Waals surface area (Å²) in [6.45, 7) is 1.50. The van der Waals surface area contributed by atoms with Gasteiger partial charge in [0.25, 0.3) is 0 Å². The molecule has 0 bridgehead atoms. The Bertz CT molecular complexity index is 941. The third-order valence-corrected chi connectivity index (χ3v) is 4.64. The van der Waals surface area contributed by atoms with E-state index in [1.54, 1.807) is 30.2 Å². The monoisotopic (exact) mass is 396 g/mol. The number of carbonyl (C=O) groups is 1. The van der Waals surface area contributed by atoms with Crippen molar-refractivity contribution in [1.82, 2.24) is 19.7 Å². The molecule has 2 heterocycles. The first-order chi connectivity index (χ1) is 12.2. The Labute approximate surface area is 158 Å². The van der Waals surface area contributed by atoms with E-state index in [1.807, 2.05) is 0 Å². The second-order valence-electron chi connectivity index (χ2n) is 6.06. The number of carbonyl (C=O) groups excluding carboxylic acids is 1. The molecule has 0 aliphatic heterocycles. The summed E-state index contributed by atoms with van der Waals surface area (Å²) in [7, 11) is 1.74. The first-order valence-electron chi connectivity index (χ1n) is 7.55. The van der Waals surface area contributed by atoms with Gasteiger partial charge in [-0.2, -0.15) is 10.1 Å². The Morgan fingerprint density at radius 3 is 2.77 bits per heavy atom. The smallest absolute Gasteiger partial charge is 0.227 e. The molecule has 2 aromatic rings. The quantitative estimate of drug-likeness (QED) is 0.773. The largest absolute Gasteiger partial charge is 0.369 e. The summed E-state index contributed by atoms with van der Waals surface area (Å²) in [5.74, 6) is -2.22. The maximum atomic E-state index is 15.1. The number of aromatic nitrogens is 4. The molecule has 0 spiro atoms. The highest BCUT2D eigenvalue weighted by molar-refractivity contribution is 6.33. The summed E-state index contributed by atoms with van der Waals surface area (Å²) in [6.07, 6.45) is 7.48. The van der Waals surface area contributed by atoms with E-state index in [0.29, 0.717) is 11.1 Å². The van der Waals surface area contributed by atoms with Crippen LogP contribution in [0.25, 0.3) is 5.57 Å². The van der Waals surface area contributed by atoms with Crippen LogP contribution < -0.4 is 11.1 Å². The van der Waals surface area contributed by atoms with Gasteiger partial charge in [0.2, 0.25) is 11.2 Å². The third-order valence-electron chi connectivity index (χ3n) is 4.18. The first kappa shape index (κ1) is 18.3. The Morgan fingerprint density at radius 1 is 1.42 bits per heavy atom. The van der Waals surface area contributed by atoms with E-state index in [-0.39, 0.29) is 16.1 Å². The molecule has 2 aromatic heterocycles. The van der Waals surface area contributed by atoms with Crippen LogP contribution in [0.4, 0.5) is 10.2 Å². The van der Waals surface area contributed by atoms with Crippen LogP contribution in [0.3, 0.4) is 0 Å². The van der Waals surface area contributed by atoms with E-state index < -0.39 is 23.2 Å². The average Bonchev–Trinajstić information content (AvgIpc) is 2.99. The summed E-state index contributed by atoms with van der Waals surface area (Å²) < 4.78 is 16.7. The van der Waals surface area contributed by atoms with Crippen LogP contribution in [-0.4, -0.2) is 31.2 Å². The molecule has 136 valence electrons. The number of anilines is 1. The second-order valence-corrected chi connectivity index (χ2v) is 6.81. The normalized spacial score (nSPS) is 22.6. The number of nitrogens with two attached hydrogens (primary N) is 1. The number of halogens is 3. The van der Waals surface area contributed by atoms with Gasteiger partial charge in [-0.3, -0.25) is 9.48 Å². The SMILES string of the molecule is Cn1cc(C2=CC(C(N)=O)C(C)(Nc3nc(Cl)ncc3Cl)C(F)=C2)cn1. The summed E-state index contributed by atoms with van der Waals surface area (Å²) in [6, 6.07) is 0. The summed E-state index contributed by atoms with van der Waals surface area (Å²) in [5.41, 5.74) is 5.23. The summed E-state index contributed by atoms with van der Waals surface area (Å²) in [5, 5.41) is 6.97. The molecule has 7 nitrogen and oxygen atoms in total. The van der Waals surface area contributed by atoms with E-state index in [1.165, 1.54) is 19.2 Å². The van der Waals surface area contributed by atoms with Crippen LogP contribution in [0.5, 0.6) is 0 Å². The molecule has 2 atom stereocenters. The Balaban J connectivity index is 2.04. The van der Waals surface area contributed by atoms with Gasteiger partial charge in [-0.25, -0.2) is 9.37 Å². The highest BCUT2D eigenvalue weighted by Gasteiger charge is 2.44. The zero-order valence-corrected chi connectivity index (χ0v) is 15.4. The lowest BCUT2D eigenvalue weighted by Crippen LogP contribution is -2.50. The summed E-state index contributed by atoms with van der Waals surface area (Å²) in [4.78, 5) is 19.8. The van der Waals surface area contributed by atoms with Gasteiger partial charge in [0.05, 0.1) is 18.3 Å². The molecule has 0 aromatic carbocycles. The molecule has 10 heteroatoms. The van der Waals surface area contributed by atoms with E-state index in [4.69, 9.17) is 28.9 Å². The van der Waals surface area contributed by atoms with Crippen molar-refractivity contribution in [3.05, 3.63) is 52.4 Å². The number of hydrogen-bond donors (Lipinski definition) is 2. The zero-order chi connectivity index (χ0) is 19.1. The van der Waals surface area contributed by atoms with Gasteiger partial charge in [0.15, 0.2) is 5.82 Å². The average molecular weight is 397 g/mol. The number of hydrogen-bond acceptors (Lipinski definition) is 5. The van der Waals surface area contributed by atoms with Gasteiger partial charge < -0.3 is 11.1 Å². The fourth-order valence-corrected chi connectivity index (χ4v) is 3.03. The molecule has 1 aliphatic carbocycles. The zero-order valence-electron chi connectivity index (χ0n) is 13.9. The maximum absolute atomic E-state index is 15.1. The Hall–Kier alpha value is -2.45. The fraction of sp³-hybridized carbons (Fsp3) is 0.250. The molecule has 1 aliphatic rings. The van der Waals surface area contributed by atoms with Crippen molar-refractivity contribution in [2.75, 3.05) is 5.32 Å². The number of nitrogens with one attached hydrogen (secondary N) is 1. The number of amides is 1. The van der Waals surface area contributed by atoms with Crippen LogP contribution in [-0.2, 0) is 11.8 Å². The topological polar surface area (TPSA) is 98.7 Å². The minimum absolute atomic E-state index is 0.0667. The van der Waals surface area contributed by atoms with Crippen LogP contribution in [0, 0.1) is 5.92 Å². The van der Waals surface area contributed by atoms with Gasteiger partial charge in [0, 0.05) is 18.8 Å². The highest BCUT2D eigenvalue weighted by atomic mass is 35.5. The molecule has 3 rings (SSSR count). The molecule has 0 radical (unpaired) electrons. The van der Waals surface area contributed by atoms with Crippen LogP contribution in [0.2, 0.25) is 10.3 Å². The molecular formula is C16H15Cl2FN6O.